The van der Waals surface area contributed by atoms with Gasteiger partial charge in [-0.3, -0.25) is 14.4 Å². The summed E-state index contributed by atoms with van der Waals surface area (Å²) >= 11 is 0. The van der Waals surface area contributed by atoms with Crippen molar-refractivity contribution in [1.82, 2.24) is 24.6 Å². The van der Waals surface area contributed by atoms with Crippen LogP contribution in [0.15, 0.2) is 23.0 Å². The minimum atomic E-state index is -0.543. The van der Waals surface area contributed by atoms with Gasteiger partial charge in [0.25, 0.3) is 17.4 Å². The van der Waals surface area contributed by atoms with Crippen LogP contribution in [0, 0.1) is 5.82 Å². The average molecular weight is 483 g/mol. The smallest absolute Gasteiger partial charge is 0.280 e. The van der Waals surface area contributed by atoms with E-state index in [-0.39, 0.29) is 35.2 Å². The highest BCUT2D eigenvalue weighted by atomic mass is 19.1. The van der Waals surface area contributed by atoms with Crippen molar-refractivity contribution >= 4 is 28.5 Å². The molecule has 2 aromatic heterocycles. The Bertz CT molecular complexity index is 1410. The maximum Gasteiger partial charge on any atom is 0.280 e. The fourth-order valence-electron chi connectivity index (χ4n) is 4.96. The summed E-state index contributed by atoms with van der Waals surface area (Å²) in [5, 5.41) is 10.9. The first kappa shape index (κ1) is 22.9. The number of anilines is 1. The topological polar surface area (TPSA) is 110 Å². The van der Waals surface area contributed by atoms with Crippen molar-refractivity contribution in [2.24, 2.45) is 0 Å². The Morgan fingerprint density at radius 3 is 2.71 bits per heavy atom. The lowest BCUT2D eigenvalue weighted by atomic mass is 10.1. The van der Waals surface area contributed by atoms with Crippen LogP contribution >= 0.6 is 0 Å². The Morgan fingerprint density at radius 1 is 1.20 bits per heavy atom. The van der Waals surface area contributed by atoms with E-state index in [1.807, 2.05) is 18.4 Å². The molecule has 35 heavy (non-hydrogen) atoms. The van der Waals surface area contributed by atoms with Crippen LogP contribution in [-0.4, -0.2) is 64.4 Å². The van der Waals surface area contributed by atoms with Crippen LogP contribution in [-0.2, 0) is 6.54 Å². The summed E-state index contributed by atoms with van der Waals surface area (Å²) in [7, 11) is 1.44. The number of nitrogens with one attached hydrogen (secondary N) is 2. The Kier molecular flexibility index (Phi) is 5.70. The van der Waals surface area contributed by atoms with Crippen molar-refractivity contribution in [3.8, 4) is 5.75 Å². The number of nitrogens with zero attached hydrogens (tertiary/aromatic N) is 4. The van der Waals surface area contributed by atoms with Gasteiger partial charge < -0.3 is 24.8 Å². The monoisotopic (exact) mass is 482 g/mol. The molecular weight excluding hydrogens is 455 g/mol. The average Bonchev–Trinajstić information content (AvgIpc) is 3.20. The van der Waals surface area contributed by atoms with E-state index in [0.29, 0.717) is 55.2 Å². The summed E-state index contributed by atoms with van der Waals surface area (Å²) in [6.45, 7) is 5.72. The molecule has 2 N–H and O–H groups in total. The SMILES string of the molecule is CCN1C[C@H](C)n2c(c(OC)c3c(=O)n4nc(c32)NCCCNC(=O)c2cc(F)ccc2C4)C1=O. The molecular formula is C24H27FN6O4. The van der Waals surface area contributed by atoms with E-state index in [1.165, 1.54) is 23.9 Å². The molecule has 2 bridgehead atoms. The van der Waals surface area contributed by atoms with Gasteiger partial charge in [0.05, 0.1) is 13.7 Å². The van der Waals surface area contributed by atoms with E-state index in [4.69, 9.17) is 4.74 Å². The van der Waals surface area contributed by atoms with Crippen LogP contribution in [0.1, 0.15) is 52.7 Å². The summed E-state index contributed by atoms with van der Waals surface area (Å²) < 4.78 is 22.7. The standard InChI is InChI=1S/C24H27FN6O4/c1-4-29-11-13(2)31-18-17(20(35-3)19(31)24(29)34)23(33)30-12-14-6-7-15(25)10-16(14)22(32)27-9-5-8-26-21(18)28-30/h6-7,10,13H,4-5,8-9,11-12H2,1-3H3,(H,26,28)(H,27,32)/t13-/m0/s1. The largest absolute Gasteiger partial charge is 0.493 e. The number of aromatic nitrogens is 3. The molecule has 184 valence electrons. The lowest BCUT2D eigenvalue weighted by Gasteiger charge is -2.32. The molecule has 10 nitrogen and oxygen atoms in total. The van der Waals surface area contributed by atoms with E-state index >= 15 is 0 Å². The van der Waals surface area contributed by atoms with Crippen molar-refractivity contribution in [1.29, 1.82) is 0 Å². The molecule has 0 unspecified atom stereocenters. The molecule has 2 amide bonds. The first-order chi connectivity index (χ1) is 16.8. The van der Waals surface area contributed by atoms with Crippen LogP contribution in [0.2, 0.25) is 0 Å². The highest BCUT2D eigenvalue weighted by Gasteiger charge is 2.37. The van der Waals surface area contributed by atoms with E-state index in [1.54, 1.807) is 4.90 Å². The summed E-state index contributed by atoms with van der Waals surface area (Å²) in [6.07, 6.45) is 0.571. The number of amides is 2. The van der Waals surface area contributed by atoms with Gasteiger partial charge in [-0.05, 0) is 38.0 Å². The number of methoxy groups -OCH3 is 1. The number of benzene rings is 1. The lowest BCUT2D eigenvalue weighted by molar-refractivity contribution is 0.0685. The predicted octanol–water partition coefficient (Wildman–Crippen LogP) is 1.98. The number of halogens is 1. The number of carbonyl (C=O) groups excluding carboxylic acids is 2. The zero-order valence-electron chi connectivity index (χ0n) is 19.9. The van der Waals surface area contributed by atoms with E-state index < -0.39 is 17.3 Å². The third kappa shape index (κ3) is 3.62. The van der Waals surface area contributed by atoms with Crippen molar-refractivity contribution in [2.45, 2.75) is 32.9 Å². The molecule has 1 atom stereocenters. The molecule has 2 aliphatic heterocycles. The summed E-state index contributed by atoms with van der Waals surface area (Å²) in [5.74, 6) is -0.499. The van der Waals surface area contributed by atoms with E-state index in [2.05, 4.69) is 15.7 Å². The van der Waals surface area contributed by atoms with Crippen LogP contribution < -0.4 is 20.9 Å². The van der Waals surface area contributed by atoms with Crippen molar-refractivity contribution in [3.05, 3.63) is 51.2 Å². The molecule has 3 aromatic rings. The molecule has 0 fully saturated rings. The van der Waals surface area contributed by atoms with Gasteiger partial charge in [0.1, 0.15) is 16.7 Å². The first-order valence-electron chi connectivity index (χ1n) is 11.7. The predicted molar refractivity (Wildman–Crippen MR) is 128 cm³/mol. The second kappa shape index (κ2) is 8.71. The second-order valence-electron chi connectivity index (χ2n) is 8.82. The third-order valence-corrected chi connectivity index (χ3v) is 6.62. The number of likely N-dealkylation sites (N-methyl/N-ethyl adjacent to an activating group) is 1. The third-order valence-electron chi connectivity index (χ3n) is 6.62. The lowest BCUT2D eigenvalue weighted by Crippen LogP contribution is -2.42. The van der Waals surface area contributed by atoms with Gasteiger partial charge in [-0.1, -0.05) is 6.07 Å². The second-order valence-corrected chi connectivity index (χ2v) is 8.82. The number of fused-ring (bicyclic) bond motifs is 7. The van der Waals surface area contributed by atoms with E-state index in [0.717, 1.165) is 6.07 Å². The van der Waals surface area contributed by atoms with Crippen LogP contribution in [0.3, 0.4) is 0 Å². The highest BCUT2D eigenvalue weighted by molar-refractivity contribution is 6.07. The zero-order chi connectivity index (χ0) is 24.9. The number of rotatable bonds is 2. The van der Waals surface area contributed by atoms with Gasteiger partial charge in [-0.25, -0.2) is 9.07 Å². The van der Waals surface area contributed by atoms with Crippen molar-refractivity contribution in [3.63, 3.8) is 0 Å². The minimum Gasteiger partial charge on any atom is -0.493 e. The first-order valence-corrected chi connectivity index (χ1v) is 11.7. The Morgan fingerprint density at radius 2 is 1.97 bits per heavy atom. The number of ether oxygens (including phenoxy) is 1. The quantitative estimate of drug-likeness (QED) is 0.578. The molecule has 2 aliphatic rings. The summed E-state index contributed by atoms with van der Waals surface area (Å²) in [4.78, 5) is 41.5. The fourth-order valence-corrected chi connectivity index (χ4v) is 4.96. The number of hydrogen-bond donors (Lipinski definition) is 2. The molecule has 0 radical (unpaired) electrons. The normalized spacial score (nSPS) is 18.2. The zero-order valence-corrected chi connectivity index (χ0v) is 19.9. The molecule has 5 rings (SSSR count). The van der Waals surface area contributed by atoms with Crippen molar-refractivity contribution < 1.29 is 18.7 Å². The Balaban J connectivity index is 1.80. The molecule has 4 heterocycles. The van der Waals surface area contributed by atoms with Gasteiger partial charge >= 0.3 is 0 Å². The highest BCUT2D eigenvalue weighted by Crippen LogP contribution is 2.39. The van der Waals surface area contributed by atoms with Crippen LogP contribution in [0.5, 0.6) is 5.75 Å². The minimum absolute atomic E-state index is 0.0548. The number of carbonyl (C=O) groups is 2. The Labute approximate surface area is 200 Å². The molecule has 11 heteroatoms. The van der Waals surface area contributed by atoms with Crippen molar-refractivity contribution in [2.75, 3.05) is 38.6 Å². The van der Waals surface area contributed by atoms with Crippen LogP contribution in [0.25, 0.3) is 10.9 Å². The van der Waals surface area contributed by atoms with E-state index in [9.17, 15) is 18.8 Å². The molecule has 0 saturated carbocycles. The van der Waals surface area contributed by atoms with Gasteiger partial charge in [0, 0.05) is 37.8 Å². The summed E-state index contributed by atoms with van der Waals surface area (Å²) in [6, 6.07) is 3.79. The van der Waals surface area contributed by atoms with Gasteiger partial charge in [0.2, 0.25) is 0 Å². The molecule has 0 aliphatic carbocycles. The maximum absolute atomic E-state index is 14.0. The molecule has 0 spiro atoms. The summed E-state index contributed by atoms with van der Waals surface area (Å²) in [5.41, 5.74) is 0.995. The fraction of sp³-hybridized carbons (Fsp3) is 0.417. The molecule has 0 saturated heterocycles. The Hall–Kier alpha value is -3.89. The van der Waals surface area contributed by atoms with Gasteiger partial charge in [-0.2, -0.15) is 0 Å². The van der Waals surface area contributed by atoms with Gasteiger partial charge in [-0.15, -0.1) is 5.10 Å². The van der Waals surface area contributed by atoms with Gasteiger partial charge in [0.15, 0.2) is 17.3 Å². The van der Waals surface area contributed by atoms with Crippen LogP contribution in [0.4, 0.5) is 10.2 Å². The number of hydrogen-bond acceptors (Lipinski definition) is 6. The maximum atomic E-state index is 14.0. The molecule has 1 aromatic carbocycles.